The van der Waals surface area contributed by atoms with Gasteiger partial charge < -0.3 is 5.32 Å². The zero-order valence-corrected chi connectivity index (χ0v) is 8.67. The number of halogens is 1. The first-order chi connectivity index (χ1) is 6.25. The van der Waals surface area contributed by atoms with Gasteiger partial charge in [0.05, 0.1) is 6.04 Å². The largest absolute Gasteiger partial charge is 0.349 e. The van der Waals surface area contributed by atoms with Crippen molar-refractivity contribution in [1.29, 1.82) is 0 Å². The molecule has 13 heavy (non-hydrogen) atoms. The van der Waals surface area contributed by atoms with E-state index < -0.39 is 0 Å². The molecule has 0 saturated carbocycles. The van der Waals surface area contributed by atoms with Gasteiger partial charge in [0.2, 0.25) is 5.91 Å². The van der Waals surface area contributed by atoms with E-state index in [-0.39, 0.29) is 11.9 Å². The molecule has 0 unspecified atom stereocenters. The number of benzene rings is 1. The molecule has 1 N–H and O–H groups in total. The number of carbonyl (C=O) groups excluding carboxylic acids is 1. The van der Waals surface area contributed by atoms with Crippen molar-refractivity contribution >= 4 is 21.8 Å². The molecule has 0 bridgehead atoms. The number of nitrogens with one attached hydrogen (secondary N) is 1. The molecule has 68 valence electrons. The van der Waals surface area contributed by atoms with Crippen molar-refractivity contribution in [3.63, 3.8) is 0 Å². The Morgan fingerprint density at radius 1 is 1.31 bits per heavy atom. The highest BCUT2D eigenvalue weighted by Gasteiger charge is 2.21. The zero-order chi connectivity index (χ0) is 9.26. The van der Waals surface area contributed by atoms with Gasteiger partial charge in [-0.05, 0) is 24.1 Å². The van der Waals surface area contributed by atoms with Crippen molar-refractivity contribution in [3.8, 4) is 0 Å². The second-order valence-electron chi connectivity index (χ2n) is 3.21. The van der Waals surface area contributed by atoms with Gasteiger partial charge in [-0.15, -0.1) is 0 Å². The maximum atomic E-state index is 11.0. The van der Waals surface area contributed by atoms with Gasteiger partial charge >= 0.3 is 0 Å². The molecular formula is C10H10BrNO. The molecule has 2 rings (SSSR count). The van der Waals surface area contributed by atoms with Gasteiger partial charge in [-0.1, -0.05) is 28.1 Å². The van der Waals surface area contributed by atoms with Gasteiger partial charge in [0.15, 0.2) is 0 Å². The van der Waals surface area contributed by atoms with Crippen LogP contribution in [0, 0.1) is 0 Å². The summed E-state index contributed by atoms with van der Waals surface area (Å²) in [7, 11) is 0. The van der Waals surface area contributed by atoms with Crippen LogP contribution in [-0.2, 0) is 4.79 Å². The summed E-state index contributed by atoms with van der Waals surface area (Å²) in [6, 6.07) is 8.31. The predicted molar refractivity (Wildman–Crippen MR) is 54.3 cm³/mol. The number of amides is 1. The average Bonchev–Trinajstić information content (AvgIpc) is 2.53. The van der Waals surface area contributed by atoms with Gasteiger partial charge in [0.25, 0.3) is 0 Å². The first kappa shape index (κ1) is 8.75. The second-order valence-corrected chi connectivity index (χ2v) is 4.13. The molecule has 0 aromatic heterocycles. The Morgan fingerprint density at radius 3 is 2.54 bits per heavy atom. The van der Waals surface area contributed by atoms with E-state index in [1.807, 2.05) is 24.3 Å². The van der Waals surface area contributed by atoms with Crippen LogP contribution in [0.25, 0.3) is 0 Å². The molecule has 1 heterocycles. The van der Waals surface area contributed by atoms with Crippen molar-refractivity contribution in [3.05, 3.63) is 34.3 Å². The first-order valence-corrected chi connectivity index (χ1v) is 5.10. The maximum Gasteiger partial charge on any atom is 0.220 e. The minimum atomic E-state index is 0.160. The Morgan fingerprint density at radius 2 is 2.00 bits per heavy atom. The highest BCUT2D eigenvalue weighted by atomic mass is 79.9. The summed E-state index contributed by atoms with van der Waals surface area (Å²) in [4.78, 5) is 11.0. The lowest BCUT2D eigenvalue weighted by Gasteiger charge is -2.09. The smallest absolute Gasteiger partial charge is 0.220 e. The van der Waals surface area contributed by atoms with E-state index in [2.05, 4.69) is 21.2 Å². The third-order valence-electron chi connectivity index (χ3n) is 2.27. The molecule has 1 aliphatic rings. The fourth-order valence-electron chi connectivity index (χ4n) is 1.56. The van der Waals surface area contributed by atoms with E-state index in [0.29, 0.717) is 6.42 Å². The van der Waals surface area contributed by atoms with Gasteiger partial charge in [-0.25, -0.2) is 0 Å². The van der Waals surface area contributed by atoms with Gasteiger partial charge in [0, 0.05) is 10.9 Å². The fourth-order valence-corrected chi connectivity index (χ4v) is 1.82. The van der Waals surface area contributed by atoms with Crippen LogP contribution in [0.1, 0.15) is 24.4 Å². The van der Waals surface area contributed by atoms with Gasteiger partial charge in [0.1, 0.15) is 0 Å². The topological polar surface area (TPSA) is 29.1 Å². The molecule has 3 heteroatoms. The van der Waals surface area contributed by atoms with Crippen molar-refractivity contribution in [1.82, 2.24) is 5.32 Å². The molecule has 1 atom stereocenters. The van der Waals surface area contributed by atoms with E-state index in [0.717, 1.165) is 10.9 Å². The van der Waals surface area contributed by atoms with E-state index in [1.54, 1.807) is 0 Å². The average molecular weight is 240 g/mol. The van der Waals surface area contributed by atoms with E-state index >= 15 is 0 Å². The lowest BCUT2D eigenvalue weighted by molar-refractivity contribution is -0.119. The first-order valence-electron chi connectivity index (χ1n) is 4.30. The molecule has 1 aromatic rings. The summed E-state index contributed by atoms with van der Waals surface area (Å²) >= 11 is 3.38. The minimum absolute atomic E-state index is 0.160. The fraction of sp³-hybridized carbons (Fsp3) is 0.300. The number of hydrogen-bond acceptors (Lipinski definition) is 1. The maximum absolute atomic E-state index is 11.0. The van der Waals surface area contributed by atoms with E-state index in [4.69, 9.17) is 0 Å². The van der Waals surface area contributed by atoms with E-state index in [9.17, 15) is 4.79 Å². The Hall–Kier alpha value is -0.830. The van der Waals surface area contributed by atoms with Crippen LogP contribution in [0.4, 0.5) is 0 Å². The van der Waals surface area contributed by atoms with Crippen LogP contribution in [0.5, 0.6) is 0 Å². The Balaban J connectivity index is 2.17. The summed E-state index contributed by atoms with van der Waals surface area (Å²) in [5.41, 5.74) is 1.19. The monoisotopic (exact) mass is 239 g/mol. The van der Waals surface area contributed by atoms with Crippen molar-refractivity contribution in [2.45, 2.75) is 18.9 Å². The zero-order valence-electron chi connectivity index (χ0n) is 7.09. The molecule has 1 amide bonds. The van der Waals surface area contributed by atoms with Crippen molar-refractivity contribution < 1.29 is 4.79 Å². The number of rotatable bonds is 1. The van der Waals surface area contributed by atoms with Crippen LogP contribution in [0.15, 0.2) is 28.7 Å². The molecule has 2 nitrogen and oxygen atoms in total. The minimum Gasteiger partial charge on any atom is -0.349 e. The SMILES string of the molecule is O=C1CC[C@H](c2ccc(Br)cc2)N1. The quantitative estimate of drug-likeness (QED) is 0.802. The molecule has 1 aliphatic heterocycles. The molecule has 0 spiro atoms. The van der Waals surface area contributed by atoms with Crippen LogP contribution in [0.2, 0.25) is 0 Å². The van der Waals surface area contributed by atoms with Crippen molar-refractivity contribution in [2.75, 3.05) is 0 Å². The molecular weight excluding hydrogens is 230 g/mol. The molecule has 0 aliphatic carbocycles. The third kappa shape index (κ3) is 1.91. The summed E-state index contributed by atoms with van der Waals surface area (Å²) < 4.78 is 1.07. The Labute approximate surface area is 85.5 Å². The molecule has 0 radical (unpaired) electrons. The summed E-state index contributed by atoms with van der Waals surface area (Å²) in [6.45, 7) is 0. The number of hydrogen-bond donors (Lipinski definition) is 1. The van der Waals surface area contributed by atoms with Gasteiger partial charge in [-0.2, -0.15) is 0 Å². The molecule has 1 fully saturated rings. The molecule has 1 aromatic carbocycles. The second kappa shape index (κ2) is 3.50. The van der Waals surface area contributed by atoms with Crippen molar-refractivity contribution in [2.24, 2.45) is 0 Å². The van der Waals surface area contributed by atoms with E-state index in [1.165, 1.54) is 5.56 Å². The van der Waals surface area contributed by atoms with Crippen LogP contribution in [0.3, 0.4) is 0 Å². The Bertz CT molecular complexity index is 320. The Kier molecular flexibility index (Phi) is 2.36. The number of carbonyl (C=O) groups is 1. The third-order valence-corrected chi connectivity index (χ3v) is 2.80. The highest BCUT2D eigenvalue weighted by molar-refractivity contribution is 9.10. The van der Waals surface area contributed by atoms with Gasteiger partial charge in [-0.3, -0.25) is 4.79 Å². The lowest BCUT2D eigenvalue weighted by Crippen LogP contribution is -2.18. The normalized spacial score (nSPS) is 21.6. The molecule has 1 saturated heterocycles. The van der Waals surface area contributed by atoms with Crippen LogP contribution < -0.4 is 5.32 Å². The summed E-state index contributed by atoms with van der Waals surface area (Å²) in [5, 5.41) is 2.94. The standard InChI is InChI=1S/C10H10BrNO/c11-8-3-1-7(2-4-8)9-5-6-10(13)12-9/h1-4,9H,5-6H2,(H,12,13)/t9-/m1/s1. The predicted octanol–water partition coefficient (Wildman–Crippen LogP) is 2.40. The summed E-state index contributed by atoms with van der Waals surface area (Å²) in [6.07, 6.45) is 1.57. The summed E-state index contributed by atoms with van der Waals surface area (Å²) in [5.74, 6) is 0.160. The van der Waals surface area contributed by atoms with Crippen LogP contribution >= 0.6 is 15.9 Å². The van der Waals surface area contributed by atoms with Crippen LogP contribution in [-0.4, -0.2) is 5.91 Å². The highest BCUT2D eigenvalue weighted by Crippen LogP contribution is 2.24. The lowest BCUT2D eigenvalue weighted by atomic mass is 10.1.